The Kier molecular flexibility index (Phi) is 6.13. The van der Waals surface area contributed by atoms with Gasteiger partial charge < -0.3 is 10.1 Å². The molecule has 0 bridgehead atoms. The van der Waals surface area contributed by atoms with Crippen molar-refractivity contribution in [3.05, 3.63) is 70.1 Å². The number of rotatable bonds is 5. The number of pyridine rings is 1. The summed E-state index contributed by atoms with van der Waals surface area (Å²) in [6.45, 7) is 5.24. The molecule has 1 aromatic heterocycles. The number of ether oxygens (including phenoxy) is 1. The molecule has 0 saturated carbocycles. The summed E-state index contributed by atoms with van der Waals surface area (Å²) >= 11 is 5.93. The standard InChI is InChI=1S/C22H20ClFN2O3/c1-4-17-12(2)20(15-7-5-6-8-18(15)25-17)22(28)29-13(3)21(27)26-19-10-9-14(24)11-16(19)23/h5-11,13H,4H2,1-3H3,(H,26,27)/t13-/m1/s1. The molecule has 5 nitrogen and oxygen atoms in total. The van der Waals surface area contributed by atoms with E-state index in [9.17, 15) is 14.0 Å². The van der Waals surface area contributed by atoms with Crippen LogP contribution in [0.5, 0.6) is 0 Å². The molecule has 0 saturated heterocycles. The molecule has 1 atom stereocenters. The number of halogens is 2. The number of hydrogen-bond donors (Lipinski definition) is 1. The molecule has 0 spiro atoms. The number of nitrogens with one attached hydrogen (secondary N) is 1. The SMILES string of the molecule is CCc1nc2ccccc2c(C(=O)O[C@H](C)C(=O)Nc2ccc(F)cc2Cl)c1C. The van der Waals surface area contributed by atoms with Crippen LogP contribution in [0.15, 0.2) is 42.5 Å². The zero-order valence-electron chi connectivity index (χ0n) is 16.3. The number of esters is 1. The van der Waals surface area contributed by atoms with Crippen LogP contribution in [0, 0.1) is 12.7 Å². The molecule has 0 aliphatic carbocycles. The van der Waals surface area contributed by atoms with E-state index in [4.69, 9.17) is 16.3 Å². The number of carbonyl (C=O) groups excluding carboxylic acids is 2. The van der Waals surface area contributed by atoms with Crippen LogP contribution in [-0.2, 0) is 16.0 Å². The minimum absolute atomic E-state index is 0.0560. The summed E-state index contributed by atoms with van der Waals surface area (Å²) in [5.74, 6) is -1.69. The van der Waals surface area contributed by atoms with Crippen molar-refractivity contribution in [2.45, 2.75) is 33.3 Å². The summed E-state index contributed by atoms with van der Waals surface area (Å²) < 4.78 is 18.6. The number of aryl methyl sites for hydroxylation is 1. The Balaban J connectivity index is 1.84. The monoisotopic (exact) mass is 414 g/mol. The number of hydrogen-bond acceptors (Lipinski definition) is 4. The highest BCUT2D eigenvalue weighted by Crippen LogP contribution is 2.26. The average molecular weight is 415 g/mol. The second kappa shape index (κ2) is 8.57. The molecular formula is C22H20ClFN2O3. The molecule has 2 aromatic carbocycles. The zero-order valence-corrected chi connectivity index (χ0v) is 17.0. The van der Waals surface area contributed by atoms with Gasteiger partial charge in [0.25, 0.3) is 5.91 Å². The Morgan fingerprint density at radius 3 is 2.66 bits per heavy atom. The van der Waals surface area contributed by atoms with Gasteiger partial charge >= 0.3 is 5.97 Å². The van der Waals surface area contributed by atoms with Gasteiger partial charge in [-0.25, -0.2) is 9.18 Å². The first kappa shape index (κ1) is 20.7. The lowest BCUT2D eigenvalue weighted by Crippen LogP contribution is -2.30. The van der Waals surface area contributed by atoms with Crippen molar-refractivity contribution in [1.29, 1.82) is 0 Å². The number of aromatic nitrogens is 1. The van der Waals surface area contributed by atoms with Crippen LogP contribution in [0.1, 0.15) is 35.5 Å². The normalized spacial score (nSPS) is 11.9. The van der Waals surface area contributed by atoms with E-state index < -0.39 is 23.8 Å². The molecule has 0 aliphatic rings. The van der Waals surface area contributed by atoms with E-state index in [2.05, 4.69) is 10.3 Å². The summed E-state index contributed by atoms with van der Waals surface area (Å²) in [6, 6.07) is 10.9. The smallest absolute Gasteiger partial charge is 0.339 e. The minimum atomic E-state index is -1.08. The average Bonchev–Trinajstić information content (AvgIpc) is 2.69. The summed E-state index contributed by atoms with van der Waals surface area (Å²) in [7, 11) is 0. The highest BCUT2D eigenvalue weighted by atomic mass is 35.5. The van der Waals surface area contributed by atoms with E-state index in [1.165, 1.54) is 19.1 Å². The number of nitrogens with zero attached hydrogens (tertiary/aromatic N) is 1. The van der Waals surface area contributed by atoms with Gasteiger partial charge in [0.15, 0.2) is 6.10 Å². The topological polar surface area (TPSA) is 68.3 Å². The van der Waals surface area contributed by atoms with E-state index in [1.54, 1.807) is 6.07 Å². The van der Waals surface area contributed by atoms with Gasteiger partial charge in [0.1, 0.15) is 5.82 Å². The fourth-order valence-electron chi connectivity index (χ4n) is 3.06. The first-order valence-electron chi connectivity index (χ1n) is 9.17. The Labute approximate surface area is 172 Å². The first-order valence-corrected chi connectivity index (χ1v) is 9.54. The number of carbonyl (C=O) groups is 2. The van der Waals surface area contributed by atoms with E-state index in [-0.39, 0.29) is 10.7 Å². The van der Waals surface area contributed by atoms with Crippen molar-refractivity contribution in [3.63, 3.8) is 0 Å². The molecule has 3 rings (SSSR count). The van der Waals surface area contributed by atoms with Crippen LogP contribution in [0.2, 0.25) is 5.02 Å². The molecule has 150 valence electrons. The van der Waals surface area contributed by atoms with E-state index >= 15 is 0 Å². The third kappa shape index (κ3) is 4.38. The lowest BCUT2D eigenvalue weighted by atomic mass is 10.0. The maximum Gasteiger partial charge on any atom is 0.339 e. The zero-order chi connectivity index (χ0) is 21.1. The third-order valence-corrected chi connectivity index (χ3v) is 4.93. The highest BCUT2D eigenvalue weighted by molar-refractivity contribution is 6.33. The second-order valence-electron chi connectivity index (χ2n) is 6.59. The predicted octanol–water partition coefficient (Wildman–Crippen LogP) is 5.08. The van der Waals surface area contributed by atoms with E-state index in [1.807, 2.05) is 32.0 Å². The molecular weight excluding hydrogens is 395 g/mol. The lowest BCUT2D eigenvalue weighted by Gasteiger charge is -2.17. The van der Waals surface area contributed by atoms with Crippen molar-refractivity contribution in [1.82, 2.24) is 4.98 Å². The predicted molar refractivity (Wildman–Crippen MR) is 111 cm³/mol. The van der Waals surface area contributed by atoms with Crippen LogP contribution in [0.4, 0.5) is 10.1 Å². The van der Waals surface area contributed by atoms with Crippen molar-refractivity contribution in [3.8, 4) is 0 Å². The lowest BCUT2D eigenvalue weighted by molar-refractivity contribution is -0.123. The van der Waals surface area contributed by atoms with E-state index in [0.29, 0.717) is 22.9 Å². The van der Waals surface area contributed by atoms with Gasteiger partial charge in [-0.1, -0.05) is 36.7 Å². The van der Waals surface area contributed by atoms with Crippen LogP contribution >= 0.6 is 11.6 Å². The Bertz CT molecular complexity index is 1100. The molecule has 0 radical (unpaired) electrons. The van der Waals surface area contributed by atoms with Crippen molar-refractivity contribution < 1.29 is 18.7 Å². The highest BCUT2D eigenvalue weighted by Gasteiger charge is 2.24. The summed E-state index contributed by atoms with van der Waals surface area (Å²) in [4.78, 5) is 29.9. The van der Waals surface area contributed by atoms with Gasteiger partial charge in [0.05, 0.1) is 21.8 Å². The van der Waals surface area contributed by atoms with Crippen LogP contribution in [-0.4, -0.2) is 23.0 Å². The quantitative estimate of drug-likeness (QED) is 0.591. The van der Waals surface area contributed by atoms with Crippen molar-refractivity contribution >= 4 is 40.1 Å². The maximum atomic E-state index is 13.2. The maximum absolute atomic E-state index is 13.2. The molecule has 0 unspecified atom stereocenters. The van der Waals surface area contributed by atoms with Crippen LogP contribution in [0.25, 0.3) is 10.9 Å². The number of benzene rings is 2. The molecule has 0 aliphatic heterocycles. The summed E-state index contributed by atoms with van der Waals surface area (Å²) in [6.07, 6.45) is -0.421. The Morgan fingerprint density at radius 2 is 1.97 bits per heavy atom. The molecule has 1 N–H and O–H groups in total. The largest absolute Gasteiger partial charge is 0.449 e. The molecule has 29 heavy (non-hydrogen) atoms. The summed E-state index contributed by atoms with van der Waals surface area (Å²) in [5, 5.41) is 3.27. The fourth-order valence-corrected chi connectivity index (χ4v) is 3.28. The van der Waals surface area contributed by atoms with Gasteiger partial charge in [0, 0.05) is 11.1 Å². The Hall–Kier alpha value is -2.99. The van der Waals surface area contributed by atoms with Gasteiger partial charge in [-0.15, -0.1) is 0 Å². The van der Waals surface area contributed by atoms with Gasteiger partial charge in [0.2, 0.25) is 0 Å². The van der Waals surface area contributed by atoms with Crippen molar-refractivity contribution in [2.24, 2.45) is 0 Å². The second-order valence-corrected chi connectivity index (χ2v) is 7.00. The summed E-state index contributed by atoms with van der Waals surface area (Å²) in [5.41, 5.74) is 2.85. The molecule has 7 heteroatoms. The van der Waals surface area contributed by atoms with Gasteiger partial charge in [-0.05, 0) is 50.1 Å². The van der Waals surface area contributed by atoms with E-state index in [0.717, 1.165) is 17.3 Å². The number of fused-ring (bicyclic) bond motifs is 1. The fraction of sp³-hybridized carbons (Fsp3) is 0.227. The molecule has 1 heterocycles. The number of para-hydroxylation sites is 1. The Morgan fingerprint density at radius 1 is 1.24 bits per heavy atom. The number of anilines is 1. The molecule has 1 amide bonds. The molecule has 3 aromatic rings. The molecule has 0 fully saturated rings. The van der Waals surface area contributed by atoms with Gasteiger partial charge in [-0.3, -0.25) is 9.78 Å². The van der Waals surface area contributed by atoms with Gasteiger partial charge in [-0.2, -0.15) is 0 Å². The van der Waals surface area contributed by atoms with Crippen LogP contribution < -0.4 is 5.32 Å². The minimum Gasteiger partial charge on any atom is -0.449 e. The first-order chi connectivity index (χ1) is 13.8. The third-order valence-electron chi connectivity index (χ3n) is 4.62. The van der Waals surface area contributed by atoms with Crippen LogP contribution in [0.3, 0.4) is 0 Å². The number of amides is 1. The van der Waals surface area contributed by atoms with Crippen molar-refractivity contribution in [2.75, 3.05) is 5.32 Å².